The summed E-state index contributed by atoms with van der Waals surface area (Å²) in [5, 5.41) is 3.61. The van der Waals surface area contributed by atoms with Gasteiger partial charge < -0.3 is 23.7 Å². The Bertz CT molecular complexity index is 965. The van der Waals surface area contributed by atoms with Crippen molar-refractivity contribution in [3.8, 4) is 17.2 Å². The zero-order valence-electron chi connectivity index (χ0n) is 16.9. The number of ether oxygens (including phenoxy) is 5. The maximum absolute atomic E-state index is 12.2. The third-order valence-electron chi connectivity index (χ3n) is 4.97. The first-order valence-electron chi connectivity index (χ1n) is 9.86. The van der Waals surface area contributed by atoms with Crippen LogP contribution in [0.3, 0.4) is 0 Å². The molecule has 0 saturated carbocycles. The predicted octanol–water partition coefficient (Wildman–Crippen LogP) is 3.21. The lowest BCUT2D eigenvalue weighted by molar-refractivity contribution is -0.297. The minimum Gasteiger partial charge on any atom is -0.493 e. The van der Waals surface area contributed by atoms with Crippen molar-refractivity contribution in [3.05, 3.63) is 53.1 Å². The number of carbonyl (C=O) groups is 2. The minimum atomic E-state index is -1.42. The van der Waals surface area contributed by atoms with Crippen molar-refractivity contribution < 1.29 is 33.3 Å². The van der Waals surface area contributed by atoms with Crippen molar-refractivity contribution in [2.45, 2.75) is 31.3 Å². The van der Waals surface area contributed by atoms with Gasteiger partial charge in [0.15, 0.2) is 11.5 Å². The summed E-state index contributed by atoms with van der Waals surface area (Å²) in [6, 6.07) is 12.3. The SMILES string of the molecule is COc1cc(Cl)ccc1Oc1ccc(C[C@]23OCCNC2OC(=O)CCC(=O)O3)cc1. The van der Waals surface area contributed by atoms with Crippen LogP contribution in [0, 0.1) is 0 Å². The normalized spacial score (nSPS) is 23.6. The Balaban J connectivity index is 1.53. The molecule has 2 aromatic carbocycles. The fourth-order valence-electron chi connectivity index (χ4n) is 3.49. The van der Waals surface area contributed by atoms with Crippen LogP contribution in [0.15, 0.2) is 42.5 Å². The van der Waals surface area contributed by atoms with Gasteiger partial charge in [0.1, 0.15) is 5.75 Å². The molecule has 8 nitrogen and oxygen atoms in total. The van der Waals surface area contributed by atoms with Crippen molar-refractivity contribution in [2.75, 3.05) is 20.3 Å². The van der Waals surface area contributed by atoms with Crippen LogP contribution < -0.4 is 14.8 Å². The Labute approximate surface area is 184 Å². The van der Waals surface area contributed by atoms with Crippen LogP contribution in [-0.4, -0.2) is 44.2 Å². The van der Waals surface area contributed by atoms with Gasteiger partial charge >= 0.3 is 11.9 Å². The predicted molar refractivity (Wildman–Crippen MR) is 110 cm³/mol. The topological polar surface area (TPSA) is 92.3 Å². The van der Waals surface area contributed by atoms with E-state index in [2.05, 4.69) is 5.32 Å². The van der Waals surface area contributed by atoms with E-state index in [4.69, 9.17) is 35.3 Å². The lowest BCUT2D eigenvalue weighted by Gasteiger charge is -2.43. The smallest absolute Gasteiger partial charge is 0.309 e. The third kappa shape index (κ3) is 4.92. The van der Waals surface area contributed by atoms with E-state index in [9.17, 15) is 9.59 Å². The molecule has 2 aliphatic heterocycles. The van der Waals surface area contributed by atoms with Gasteiger partial charge in [-0.2, -0.15) is 0 Å². The Hall–Kier alpha value is -2.81. The summed E-state index contributed by atoms with van der Waals surface area (Å²) in [4.78, 5) is 24.2. The van der Waals surface area contributed by atoms with Gasteiger partial charge in [-0.05, 0) is 29.8 Å². The monoisotopic (exact) mass is 447 g/mol. The number of fused-ring (bicyclic) bond motifs is 1. The Morgan fingerprint density at radius 3 is 2.65 bits per heavy atom. The van der Waals surface area contributed by atoms with Gasteiger partial charge in [0.2, 0.25) is 6.23 Å². The summed E-state index contributed by atoms with van der Waals surface area (Å²) in [7, 11) is 1.54. The van der Waals surface area contributed by atoms with Gasteiger partial charge in [-0.25, -0.2) is 0 Å². The van der Waals surface area contributed by atoms with Crippen molar-refractivity contribution in [2.24, 2.45) is 0 Å². The van der Waals surface area contributed by atoms with E-state index < -0.39 is 24.0 Å². The molecule has 0 aliphatic carbocycles. The first-order chi connectivity index (χ1) is 15.0. The molecule has 0 amide bonds. The van der Waals surface area contributed by atoms with Crippen molar-refractivity contribution in [3.63, 3.8) is 0 Å². The van der Waals surface area contributed by atoms with Gasteiger partial charge in [0.05, 0.1) is 26.6 Å². The highest BCUT2D eigenvalue weighted by atomic mass is 35.5. The van der Waals surface area contributed by atoms with Gasteiger partial charge in [0, 0.05) is 24.1 Å². The number of morpholine rings is 1. The van der Waals surface area contributed by atoms with Crippen LogP contribution in [0.2, 0.25) is 5.02 Å². The molecule has 2 fully saturated rings. The summed E-state index contributed by atoms with van der Waals surface area (Å²) in [5.41, 5.74) is 0.813. The van der Waals surface area contributed by atoms with Gasteiger partial charge in [0.25, 0.3) is 5.79 Å². The molecule has 1 unspecified atom stereocenters. The molecule has 2 aromatic rings. The molecule has 0 radical (unpaired) electrons. The molecule has 0 aromatic heterocycles. The molecule has 0 spiro atoms. The molecular formula is C22H22ClNO7. The van der Waals surface area contributed by atoms with Crippen molar-refractivity contribution in [1.82, 2.24) is 5.32 Å². The first kappa shape index (κ1) is 21.4. The van der Waals surface area contributed by atoms with Crippen LogP contribution in [-0.2, 0) is 30.2 Å². The molecule has 1 N–H and O–H groups in total. The zero-order chi connectivity index (χ0) is 21.8. The Kier molecular flexibility index (Phi) is 6.31. The molecule has 2 heterocycles. The van der Waals surface area contributed by atoms with Crippen molar-refractivity contribution in [1.29, 1.82) is 0 Å². The first-order valence-corrected chi connectivity index (χ1v) is 10.2. The third-order valence-corrected chi connectivity index (χ3v) is 5.21. The highest BCUT2D eigenvalue weighted by molar-refractivity contribution is 6.30. The van der Waals surface area contributed by atoms with Crippen LogP contribution in [0.25, 0.3) is 0 Å². The fourth-order valence-corrected chi connectivity index (χ4v) is 3.65. The molecule has 9 heteroatoms. The fraction of sp³-hybridized carbons (Fsp3) is 0.364. The van der Waals surface area contributed by atoms with E-state index in [-0.39, 0.29) is 19.3 Å². The molecule has 2 aliphatic rings. The van der Waals surface area contributed by atoms with E-state index in [1.165, 1.54) is 0 Å². The number of methoxy groups -OCH3 is 1. The molecule has 164 valence electrons. The van der Waals surface area contributed by atoms with E-state index >= 15 is 0 Å². The molecular weight excluding hydrogens is 426 g/mol. The highest BCUT2D eigenvalue weighted by Gasteiger charge is 2.49. The number of carbonyl (C=O) groups excluding carboxylic acids is 2. The van der Waals surface area contributed by atoms with Gasteiger partial charge in [-0.1, -0.05) is 23.7 Å². The quantitative estimate of drug-likeness (QED) is 0.698. The largest absolute Gasteiger partial charge is 0.493 e. The zero-order valence-corrected chi connectivity index (χ0v) is 17.6. The molecule has 2 saturated heterocycles. The second-order valence-corrected chi connectivity index (χ2v) is 7.61. The molecule has 2 atom stereocenters. The van der Waals surface area contributed by atoms with Gasteiger partial charge in [-0.15, -0.1) is 0 Å². The highest BCUT2D eigenvalue weighted by Crippen LogP contribution is 2.35. The molecule has 4 rings (SSSR count). The number of benzene rings is 2. The number of esters is 2. The lowest BCUT2D eigenvalue weighted by atomic mass is 10.0. The summed E-state index contributed by atoms with van der Waals surface area (Å²) < 4.78 is 28.1. The maximum Gasteiger partial charge on any atom is 0.309 e. The number of hydrogen-bond acceptors (Lipinski definition) is 8. The summed E-state index contributed by atoms with van der Waals surface area (Å²) >= 11 is 5.99. The standard InChI is InChI=1S/C22H22ClNO7/c1-27-18-12-15(23)4-7-17(18)29-16-5-2-14(3-6-16)13-22-21(24-10-11-28-22)30-19(25)8-9-20(26)31-22/h2-7,12,21,24H,8-11,13H2,1H3/t21?,22-/m1/s1. The second kappa shape index (κ2) is 9.13. The average molecular weight is 448 g/mol. The average Bonchev–Trinajstić information content (AvgIpc) is 2.75. The van der Waals surface area contributed by atoms with E-state index in [1.807, 2.05) is 12.1 Å². The number of halogens is 1. The number of nitrogens with one attached hydrogen (secondary N) is 1. The number of rotatable bonds is 5. The minimum absolute atomic E-state index is 0.0205. The van der Waals surface area contributed by atoms with Crippen LogP contribution in [0.4, 0.5) is 0 Å². The second-order valence-electron chi connectivity index (χ2n) is 7.18. The van der Waals surface area contributed by atoms with E-state index in [0.717, 1.165) is 5.56 Å². The molecule has 31 heavy (non-hydrogen) atoms. The van der Waals surface area contributed by atoms with Crippen LogP contribution >= 0.6 is 11.6 Å². The Morgan fingerprint density at radius 1 is 1.10 bits per heavy atom. The summed E-state index contributed by atoms with van der Waals surface area (Å²) in [6.07, 6.45) is -0.749. The van der Waals surface area contributed by atoms with Gasteiger partial charge in [-0.3, -0.25) is 14.9 Å². The summed E-state index contributed by atoms with van der Waals surface area (Å²) in [5.74, 6) is -0.762. The van der Waals surface area contributed by atoms with Crippen LogP contribution in [0.1, 0.15) is 18.4 Å². The van der Waals surface area contributed by atoms with Crippen LogP contribution in [0.5, 0.6) is 17.2 Å². The number of hydrogen-bond donors (Lipinski definition) is 1. The van der Waals surface area contributed by atoms with E-state index in [0.29, 0.717) is 35.4 Å². The molecule has 0 bridgehead atoms. The lowest BCUT2D eigenvalue weighted by Crippen LogP contribution is -2.63. The maximum atomic E-state index is 12.2. The summed E-state index contributed by atoms with van der Waals surface area (Å²) in [6.45, 7) is 0.797. The van der Waals surface area contributed by atoms with Crippen molar-refractivity contribution >= 4 is 23.5 Å². The van der Waals surface area contributed by atoms with E-state index in [1.54, 1.807) is 37.4 Å². The Morgan fingerprint density at radius 2 is 1.87 bits per heavy atom.